The van der Waals surface area contributed by atoms with Crippen molar-refractivity contribution >= 4 is 17.7 Å². The molecule has 132 valence electrons. The van der Waals surface area contributed by atoms with E-state index in [2.05, 4.69) is 9.97 Å². The average Bonchev–Trinajstić information content (AvgIpc) is 3.42. The van der Waals surface area contributed by atoms with Crippen LogP contribution in [0.5, 0.6) is 0 Å². The number of thioether (sulfide) groups is 1. The Bertz CT molecular complexity index is 905. The van der Waals surface area contributed by atoms with Crippen molar-refractivity contribution in [3.8, 4) is 5.69 Å². The molecule has 2 heterocycles. The van der Waals surface area contributed by atoms with Crippen LogP contribution in [0.1, 0.15) is 28.9 Å². The molecule has 0 spiro atoms. The second-order valence-electron chi connectivity index (χ2n) is 6.32. The minimum absolute atomic E-state index is 0.0609. The Kier molecular flexibility index (Phi) is 4.75. The molecule has 0 aliphatic heterocycles. The van der Waals surface area contributed by atoms with E-state index in [9.17, 15) is 4.79 Å². The third-order valence-electron chi connectivity index (χ3n) is 4.47. The number of pyridine rings is 1. The van der Waals surface area contributed by atoms with Gasteiger partial charge >= 0.3 is 0 Å². The molecule has 0 atom stereocenters. The average molecular weight is 364 g/mol. The Morgan fingerprint density at radius 3 is 2.81 bits per heavy atom. The number of hydrogen-bond donors (Lipinski definition) is 0. The summed E-state index contributed by atoms with van der Waals surface area (Å²) in [5.74, 6) is 0.0609. The van der Waals surface area contributed by atoms with Crippen LogP contribution >= 0.6 is 11.8 Å². The van der Waals surface area contributed by atoms with Crippen LogP contribution in [0.15, 0.2) is 66.2 Å². The normalized spacial score (nSPS) is 13.6. The van der Waals surface area contributed by atoms with Gasteiger partial charge in [0.15, 0.2) is 5.16 Å². The number of amides is 1. The lowest BCUT2D eigenvalue weighted by Gasteiger charge is -2.22. The molecule has 26 heavy (non-hydrogen) atoms. The van der Waals surface area contributed by atoms with Gasteiger partial charge in [0, 0.05) is 35.9 Å². The number of hydrogen-bond acceptors (Lipinski definition) is 4. The van der Waals surface area contributed by atoms with E-state index in [1.165, 1.54) is 0 Å². The van der Waals surface area contributed by atoms with Gasteiger partial charge in [-0.3, -0.25) is 14.3 Å². The first-order valence-corrected chi connectivity index (χ1v) is 9.87. The smallest absolute Gasteiger partial charge is 0.254 e. The summed E-state index contributed by atoms with van der Waals surface area (Å²) in [6.07, 6.45) is 9.59. The lowest BCUT2D eigenvalue weighted by Crippen LogP contribution is -2.33. The van der Waals surface area contributed by atoms with Crippen molar-refractivity contribution in [3.63, 3.8) is 0 Å². The highest BCUT2D eigenvalue weighted by atomic mass is 32.2. The molecule has 1 fully saturated rings. The number of aromatic nitrogens is 3. The van der Waals surface area contributed by atoms with E-state index in [1.54, 1.807) is 24.2 Å². The SMILES string of the molecule is CSc1nccn1-c1cccc(C(=O)N(Cc2ccccn2)C2CC2)c1. The highest BCUT2D eigenvalue weighted by molar-refractivity contribution is 7.98. The topological polar surface area (TPSA) is 51.0 Å². The van der Waals surface area contributed by atoms with Gasteiger partial charge in [0.25, 0.3) is 5.91 Å². The lowest BCUT2D eigenvalue weighted by molar-refractivity contribution is 0.0727. The van der Waals surface area contributed by atoms with Gasteiger partial charge in [-0.1, -0.05) is 23.9 Å². The molecule has 0 bridgehead atoms. The second-order valence-corrected chi connectivity index (χ2v) is 7.09. The molecule has 0 saturated heterocycles. The predicted octanol–water partition coefficient (Wildman–Crippen LogP) is 3.79. The van der Waals surface area contributed by atoms with Crippen LogP contribution in [0.25, 0.3) is 5.69 Å². The van der Waals surface area contributed by atoms with Crippen LogP contribution in [-0.2, 0) is 6.54 Å². The van der Waals surface area contributed by atoms with Crippen molar-refractivity contribution in [2.75, 3.05) is 6.26 Å². The lowest BCUT2D eigenvalue weighted by atomic mass is 10.1. The van der Waals surface area contributed by atoms with Crippen LogP contribution in [0.4, 0.5) is 0 Å². The molecule has 1 aromatic carbocycles. The summed E-state index contributed by atoms with van der Waals surface area (Å²) >= 11 is 1.58. The number of benzene rings is 1. The molecule has 0 N–H and O–H groups in total. The fourth-order valence-corrected chi connectivity index (χ4v) is 3.54. The zero-order valence-corrected chi connectivity index (χ0v) is 15.4. The molecule has 3 aromatic rings. The minimum Gasteiger partial charge on any atom is -0.330 e. The molecule has 1 amide bonds. The summed E-state index contributed by atoms with van der Waals surface area (Å²) in [6, 6.07) is 13.9. The van der Waals surface area contributed by atoms with Gasteiger partial charge in [0.2, 0.25) is 0 Å². The largest absolute Gasteiger partial charge is 0.330 e. The first-order valence-electron chi connectivity index (χ1n) is 8.65. The van der Waals surface area contributed by atoms with Crippen molar-refractivity contribution in [2.24, 2.45) is 0 Å². The molecule has 6 heteroatoms. The van der Waals surface area contributed by atoms with Gasteiger partial charge in [-0.15, -0.1) is 0 Å². The summed E-state index contributed by atoms with van der Waals surface area (Å²) in [4.78, 5) is 23.8. The van der Waals surface area contributed by atoms with Gasteiger partial charge < -0.3 is 4.90 Å². The second kappa shape index (κ2) is 7.33. The fraction of sp³-hybridized carbons (Fsp3) is 0.250. The summed E-state index contributed by atoms with van der Waals surface area (Å²) < 4.78 is 2.00. The van der Waals surface area contributed by atoms with Crippen LogP contribution in [0, 0.1) is 0 Å². The van der Waals surface area contributed by atoms with Crippen LogP contribution in [-0.4, -0.2) is 37.6 Å². The predicted molar refractivity (Wildman–Crippen MR) is 102 cm³/mol. The van der Waals surface area contributed by atoms with Crippen molar-refractivity contribution < 1.29 is 4.79 Å². The van der Waals surface area contributed by atoms with Crippen molar-refractivity contribution in [1.29, 1.82) is 0 Å². The number of nitrogens with zero attached hydrogens (tertiary/aromatic N) is 4. The minimum atomic E-state index is 0.0609. The summed E-state index contributed by atoms with van der Waals surface area (Å²) in [6.45, 7) is 0.551. The van der Waals surface area contributed by atoms with Gasteiger partial charge in [-0.05, 0) is 49.4 Å². The maximum atomic E-state index is 13.2. The first-order chi connectivity index (χ1) is 12.8. The zero-order valence-electron chi connectivity index (χ0n) is 14.6. The van der Waals surface area contributed by atoms with Gasteiger partial charge in [0.05, 0.1) is 12.2 Å². The van der Waals surface area contributed by atoms with Crippen molar-refractivity contribution in [3.05, 3.63) is 72.3 Å². The Labute approximate surface area is 157 Å². The molecular formula is C20H20N4OS. The highest BCUT2D eigenvalue weighted by Gasteiger charge is 2.33. The number of carbonyl (C=O) groups is 1. The molecule has 1 saturated carbocycles. The molecule has 0 radical (unpaired) electrons. The van der Waals surface area contributed by atoms with Crippen molar-refractivity contribution in [2.45, 2.75) is 30.6 Å². The van der Waals surface area contributed by atoms with E-state index in [0.717, 1.165) is 29.4 Å². The zero-order chi connectivity index (χ0) is 17.9. The third-order valence-corrected chi connectivity index (χ3v) is 5.13. The Morgan fingerprint density at radius 2 is 2.08 bits per heavy atom. The molecule has 1 aliphatic rings. The van der Waals surface area contributed by atoms with Crippen LogP contribution < -0.4 is 0 Å². The van der Waals surface area contributed by atoms with Crippen LogP contribution in [0.3, 0.4) is 0 Å². The van der Waals surface area contributed by atoms with Crippen LogP contribution in [0.2, 0.25) is 0 Å². The molecule has 0 unspecified atom stereocenters. The summed E-state index contributed by atoms with van der Waals surface area (Å²) in [5, 5.41) is 0.905. The number of carbonyl (C=O) groups excluding carboxylic acids is 1. The van der Waals surface area contributed by atoms with Crippen molar-refractivity contribution in [1.82, 2.24) is 19.4 Å². The molecule has 5 nitrogen and oxygen atoms in total. The maximum absolute atomic E-state index is 13.2. The number of imidazole rings is 1. The number of rotatable bonds is 6. The monoisotopic (exact) mass is 364 g/mol. The van der Waals surface area contributed by atoms with E-state index in [-0.39, 0.29) is 5.91 Å². The van der Waals surface area contributed by atoms with E-state index in [4.69, 9.17) is 0 Å². The first kappa shape index (κ1) is 16.8. The standard InChI is InChI=1S/C20H20N4OS/c1-26-20-22-11-12-23(20)18-7-4-5-15(13-18)19(25)24(17-8-9-17)14-16-6-2-3-10-21-16/h2-7,10-13,17H,8-9,14H2,1H3. The van der Waals surface area contributed by atoms with E-state index in [0.29, 0.717) is 18.2 Å². The van der Waals surface area contributed by atoms with Gasteiger partial charge in [0.1, 0.15) is 0 Å². The van der Waals surface area contributed by atoms with Gasteiger partial charge in [-0.25, -0.2) is 4.98 Å². The van der Waals surface area contributed by atoms with E-state index >= 15 is 0 Å². The Morgan fingerprint density at radius 1 is 1.19 bits per heavy atom. The quantitative estimate of drug-likeness (QED) is 0.625. The highest BCUT2D eigenvalue weighted by Crippen LogP contribution is 2.30. The molecular weight excluding hydrogens is 344 g/mol. The van der Waals surface area contributed by atoms with Gasteiger partial charge in [-0.2, -0.15) is 0 Å². The Balaban J connectivity index is 1.61. The maximum Gasteiger partial charge on any atom is 0.254 e. The summed E-state index contributed by atoms with van der Waals surface area (Å²) in [7, 11) is 0. The Hall–Kier alpha value is -2.60. The molecule has 1 aliphatic carbocycles. The molecule has 4 rings (SSSR count). The van der Waals surface area contributed by atoms with E-state index < -0.39 is 0 Å². The van der Waals surface area contributed by atoms with E-state index in [1.807, 2.05) is 64.4 Å². The third kappa shape index (κ3) is 3.51. The summed E-state index contributed by atoms with van der Waals surface area (Å²) in [5.41, 5.74) is 2.57. The fourth-order valence-electron chi connectivity index (χ4n) is 3.01. The molecule has 2 aromatic heterocycles.